The molecule has 0 bridgehead atoms. The second kappa shape index (κ2) is 6.48. The summed E-state index contributed by atoms with van der Waals surface area (Å²) in [5, 5.41) is 33.9. The number of hydrogen-bond donors (Lipinski definition) is 3. The maximum absolute atomic E-state index is 13.3. The Morgan fingerprint density at radius 3 is 2.60 bits per heavy atom. The third-order valence-electron chi connectivity index (χ3n) is 12.1. The SMILES string of the molecule is CC(C1=CC(O)C2C3C4OC4C4(O)CC=CC(=O)C4(C)C3CCC12C)C1CC2(C)OC2(C)C(O)O1. The van der Waals surface area contributed by atoms with E-state index in [1.807, 2.05) is 26.8 Å². The number of fused-ring (bicyclic) bond motifs is 9. The van der Waals surface area contributed by atoms with Gasteiger partial charge in [-0.15, -0.1) is 0 Å². The highest BCUT2D eigenvalue weighted by Gasteiger charge is 2.78. The van der Waals surface area contributed by atoms with Gasteiger partial charge < -0.3 is 29.5 Å². The van der Waals surface area contributed by atoms with E-state index < -0.39 is 34.6 Å². The molecule has 2 saturated carbocycles. The van der Waals surface area contributed by atoms with Crippen molar-refractivity contribution in [3.8, 4) is 0 Å². The fraction of sp³-hybridized carbons (Fsp3) is 0.821. The monoisotopic (exact) mass is 486 g/mol. The quantitative estimate of drug-likeness (QED) is 0.406. The molecule has 14 unspecified atom stereocenters. The van der Waals surface area contributed by atoms with Crippen molar-refractivity contribution in [3.63, 3.8) is 0 Å². The molecule has 7 rings (SSSR count). The van der Waals surface area contributed by atoms with Crippen molar-refractivity contribution in [2.75, 3.05) is 0 Å². The van der Waals surface area contributed by atoms with E-state index in [9.17, 15) is 20.1 Å². The van der Waals surface area contributed by atoms with E-state index >= 15 is 0 Å². The average Bonchev–Trinajstić information content (AvgIpc) is 3.67. The molecular formula is C28H38O7. The van der Waals surface area contributed by atoms with Gasteiger partial charge in [0.25, 0.3) is 0 Å². The highest BCUT2D eigenvalue weighted by molar-refractivity contribution is 5.97. The summed E-state index contributed by atoms with van der Waals surface area (Å²) in [6.45, 7) is 10.2. The molecule has 0 amide bonds. The number of aliphatic hydroxyl groups is 3. The van der Waals surface area contributed by atoms with Crippen LogP contribution in [0.3, 0.4) is 0 Å². The Balaban J connectivity index is 1.21. The third kappa shape index (κ3) is 2.47. The van der Waals surface area contributed by atoms with Crippen LogP contribution in [0.2, 0.25) is 0 Å². The van der Waals surface area contributed by atoms with Gasteiger partial charge in [0.15, 0.2) is 12.1 Å². The maximum Gasteiger partial charge on any atom is 0.186 e. The molecule has 0 aromatic carbocycles. The number of carbonyl (C=O) groups excluding carboxylic acids is 1. The first-order chi connectivity index (χ1) is 16.3. The molecule has 35 heavy (non-hydrogen) atoms. The molecule has 192 valence electrons. The first kappa shape index (κ1) is 23.1. The lowest BCUT2D eigenvalue weighted by Gasteiger charge is -2.60. The zero-order valence-corrected chi connectivity index (χ0v) is 21.2. The molecule has 0 radical (unpaired) electrons. The van der Waals surface area contributed by atoms with E-state index in [2.05, 4.69) is 13.8 Å². The Kier molecular flexibility index (Phi) is 4.27. The topological polar surface area (TPSA) is 112 Å². The summed E-state index contributed by atoms with van der Waals surface area (Å²) in [7, 11) is 0. The van der Waals surface area contributed by atoms with Gasteiger partial charge in [-0.2, -0.15) is 0 Å². The van der Waals surface area contributed by atoms with Crippen LogP contribution in [0, 0.1) is 34.5 Å². The lowest BCUT2D eigenvalue weighted by Crippen LogP contribution is -2.68. The minimum absolute atomic E-state index is 0.000800. The van der Waals surface area contributed by atoms with Gasteiger partial charge in [0.2, 0.25) is 0 Å². The van der Waals surface area contributed by atoms with Crippen LogP contribution in [0.25, 0.3) is 0 Å². The van der Waals surface area contributed by atoms with Crippen molar-refractivity contribution in [2.24, 2.45) is 34.5 Å². The summed E-state index contributed by atoms with van der Waals surface area (Å²) in [6, 6.07) is 0. The van der Waals surface area contributed by atoms with Gasteiger partial charge in [-0.3, -0.25) is 4.79 Å². The smallest absolute Gasteiger partial charge is 0.186 e. The fourth-order valence-corrected chi connectivity index (χ4v) is 9.57. The predicted molar refractivity (Wildman–Crippen MR) is 125 cm³/mol. The normalized spacial score (nSPS) is 62.6. The van der Waals surface area contributed by atoms with Gasteiger partial charge in [-0.1, -0.05) is 31.6 Å². The first-order valence-corrected chi connectivity index (χ1v) is 13.3. The van der Waals surface area contributed by atoms with Gasteiger partial charge in [-0.05, 0) is 63.4 Å². The molecular weight excluding hydrogens is 448 g/mol. The van der Waals surface area contributed by atoms with Crippen molar-refractivity contribution in [1.82, 2.24) is 0 Å². The molecule has 7 heteroatoms. The number of allylic oxidation sites excluding steroid dienone is 1. The summed E-state index contributed by atoms with van der Waals surface area (Å²) < 4.78 is 18.2. The molecule has 3 aliphatic heterocycles. The van der Waals surface area contributed by atoms with Crippen molar-refractivity contribution < 1.29 is 34.3 Å². The Morgan fingerprint density at radius 1 is 1.14 bits per heavy atom. The minimum atomic E-state index is -1.18. The van der Waals surface area contributed by atoms with E-state index in [0.717, 1.165) is 12.8 Å². The van der Waals surface area contributed by atoms with Crippen molar-refractivity contribution in [3.05, 3.63) is 23.8 Å². The molecule has 3 N–H and O–H groups in total. The van der Waals surface area contributed by atoms with Crippen LogP contribution in [-0.2, 0) is 19.0 Å². The molecule has 3 heterocycles. The highest BCUT2D eigenvalue weighted by Crippen LogP contribution is 2.71. The molecule has 0 spiro atoms. The number of ketones is 1. The van der Waals surface area contributed by atoms with E-state index in [4.69, 9.17) is 14.2 Å². The number of epoxide rings is 2. The van der Waals surface area contributed by atoms with Gasteiger partial charge in [-0.25, -0.2) is 0 Å². The second-order valence-corrected chi connectivity index (χ2v) is 13.4. The van der Waals surface area contributed by atoms with Crippen LogP contribution >= 0.6 is 0 Å². The van der Waals surface area contributed by atoms with E-state index in [-0.39, 0.29) is 53.2 Å². The van der Waals surface area contributed by atoms with Gasteiger partial charge >= 0.3 is 0 Å². The largest absolute Gasteiger partial charge is 0.389 e. The minimum Gasteiger partial charge on any atom is -0.389 e. The number of carbonyl (C=O) groups is 1. The van der Waals surface area contributed by atoms with Crippen molar-refractivity contribution in [1.29, 1.82) is 0 Å². The van der Waals surface area contributed by atoms with Crippen LogP contribution in [0.1, 0.15) is 60.3 Å². The third-order valence-corrected chi connectivity index (χ3v) is 12.1. The fourth-order valence-electron chi connectivity index (χ4n) is 9.57. The molecule has 7 aliphatic rings. The number of ether oxygens (including phenoxy) is 3. The number of aliphatic hydroxyl groups excluding tert-OH is 2. The summed E-state index contributed by atoms with van der Waals surface area (Å²) in [4.78, 5) is 13.3. The molecule has 0 aromatic rings. The highest BCUT2D eigenvalue weighted by atomic mass is 16.7. The van der Waals surface area contributed by atoms with E-state index in [1.54, 1.807) is 12.2 Å². The zero-order chi connectivity index (χ0) is 24.9. The van der Waals surface area contributed by atoms with Gasteiger partial charge in [0.1, 0.15) is 22.9 Å². The first-order valence-electron chi connectivity index (χ1n) is 13.3. The molecule has 14 atom stereocenters. The second-order valence-electron chi connectivity index (χ2n) is 13.4. The van der Waals surface area contributed by atoms with Crippen molar-refractivity contribution >= 4 is 5.78 Å². The summed E-state index contributed by atoms with van der Waals surface area (Å²) in [5.41, 5.74) is -2.22. The Morgan fingerprint density at radius 2 is 1.89 bits per heavy atom. The molecule has 0 aromatic heterocycles. The lowest BCUT2D eigenvalue weighted by atomic mass is 9.43. The van der Waals surface area contributed by atoms with Crippen LogP contribution < -0.4 is 0 Å². The zero-order valence-electron chi connectivity index (χ0n) is 21.2. The van der Waals surface area contributed by atoms with Crippen LogP contribution in [0.15, 0.2) is 23.8 Å². The lowest BCUT2D eigenvalue weighted by molar-refractivity contribution is -0.194. The van der Waals surface area contributed by atoms with Gasteiger partial charge in [0, 0.05) is 18.3 Å². The predicted octanol–water partition coefficient (Wildman–Crippen LogP) is 2.27. The van der Waals surface area contributed by atoms with Crippen molar-refractivity contribution in [2.45, 2.75) is 108 Å². The standard InChI is InChI=1S/C28H38O7/c1-13(17-12-25(3)27(5,35-25)23(31)33-17)15-11-16(29)20-19-14(8-10-24(15,20)2)26(4)18(30)7-6-9-28(26,32)22-21(19)34-22/h6-7,11,13-14,16-17,19-23,29,31-32H,8-10,12H2,1-5H3. The molecule has 5 fully saturated rings. The van der Waals surface area contributed by atoms with E-state index in [1.165, 1.54) is 5.57 Å². The Labute approximate surface area is 206 Å². The Bertz CT molecular complexity index is 1070. The van der Waals surface area contributed by atoms with Crippen LogP contribution in [0.5, 0.6) is 0 Å². The summed E-state index contributed by atoms with van der Waals surface area (Å²) >= 11 is 0. The average molecular weight is 487 g/mol. The molecule has 3 saturated heterocycles. The molecule has 7 nitrogen and oxygen atoms in total. The number of hydrogen-bond acceptors (Lipinski definition) is 7. The molecule has 4 aliphatic carbocycles. The number of rotatable bonds is 2. The summed E-state index contributed by atoms with van der Waals surface area (Å²) in [5.74, 6) is -0.140. The van der Waals surface area contributed by atoms with Crippen LogP contribution in [0.4, 0.5) is 0 Å². The van der Waals surface area contributed by atoms with E-state index in [0.29, 0.717) is 12.8 Å². The Hall–Kier alpha value is -1.09. The summed E-state index contributed by atoms with van der Waals surface area (Å²) in [6.07, 6.45) is 5.88. The van der Waals surface area contributed by atoms with Crippen LogP contribution in [-0.4, -0.2) is 68.6 Å². The van der Waals surface area contributed by atoms with Gasteiger partial charge in [0.05, 0.1) is 23.7 Å². The maximum atomic E-state index is 13.3.